The van der Waals surface area contributed by atoms with E-state index in [2.05, 4.69) is 9.88 Å². The van der Waals surface area contributed by atoms with Crippen LogP contribution in [0.2, 0.25) is 0 Å². The van der Waals surface area contributed by atoms with Gasteiger partial charge in [-0.15, -0.1) is 0 Å². The number of hydrogen-bond acceptors (Lipinski definition) is 7. The molecule has 0 spiro atoms. The standard InChI is InChI=1S/C24H26N4O4S/c1-24(2,23(29)33(30)15-6-7-15)20-19-22(28-10-11-31-12-14(28)13-32-19)27-21(26-20)17-4-3-5-18-16(17)8-9-25-18/h3-5,8-9,14-15,25H,6-7,10-13H2,1-2H3. The van der Waals surface area contributed by atoms with E-state index in [1.54, 1.807) is 13.8 Å². The summed E-state index contributed by atoms with van der Waals surface area (Å²) in [5.74, 6) is 1.73. The molecule has 33 heavy (non-hydrogen) atoms. The largest absolute Gasteiger partial charge is 0.486 e. The van der Waals surface area contributed by atoms with Crippen LogP contribution >= 0.6 is 0 Å². The van der Waals surface area contributed by atoms with E-state index in [-0.39, 0.29) is 16.4 Å². The highest BCUT2D eigenvalue weighted by Crippen LogP contribution is 2.44. The zero-order chi connectivity index (χ0) is 22.7. The van der Waals surface area contributed by atoms with Crippen LogP contribution in [0.25, 0.3) is 22.3 Å². The van der Waals surface area contributed by atoms with Crippen molar-refractivity contribution in [2.75, 3.05) is 31.3 Å². The summed E-state index contributed by atoms with van der Waals surface area (Å²) >= 11 is 0. The Bertz CT molecular complexity index is 1280. The Kier molecular flexibility index (Phi) is 4.81. The van der Waals surface area contributed by atoms with E-state index in [9.17, 15) is 9.00 Å². The summed E-state index contributed by atoms with van der Waals surface area (Å²) in [6.45, 7) is 5.89. The summed E-state index contributed by atoms with van der Waals surface area (Å²) < 4.78 is 24.7. The van der Waals surface area contributed by atoms with Gasteiger partial charge in [-0.1, -0.05) is 12.1 Å². The fraction of sp³-hybridized carbons (Fsp3) is 0.458. The Morgan fingerprint density at radius 1 is 1.21 bits per heavy atom. The first-order chi connectivity index (χ1) is 15.9. The van der Waals surface area contributed by atoms with Gasteiger partial charge in [0.15, 0.2) is 17.4 Å². The highest BCUT2D eigenvalue weighted by atomic mass is 32.2. The summed E-state index contributed by atoms with van der Waals surface area (Å²) in [5, 5.41) is 0.667. The average Bonchev–Trinajstić information content (AvgIpc) is 3.58. The molecular formula is C24H26N4O4S. The Labute approximate surface area is 194 Å². The quantitative estimate of drug-likeness (QED) is 0.631. The number of nitrogens with zero attached hydrogens (tertiary/aromatic N) is 3. The second kappa shape index (κ2) is 7.63. The van der Waals surface area contributed by atoms with Crippen LogP contribution in [-0.4, -0.2) is 61.9 Å². The topological polar surface area (TPSA) is 97.4 Å². The van der Waals surface area contributed by atoms with E-state index in [1.165, 1.54) is 0 Å². The molecule has 1 N–H and O–H groups in total. The Morgan fingerprint density at radius 2 is 2.06 bits per heavy atom. The van der Waals surface area contributed by atoms with Crippen molar-refractivity contribution < 1.29 is 18.5 Å². The van der Waals surface area contributed by atoms with Crippen LogP contribution in [0.3, 0.4) is 0 Å². The minimum absolute atomic E-state index is 0.0351. The van der Waals surface area contributed by atoms with E-state index < -0.39 is 16.2 Å². The summed E-state index contributed by atoms with van der Waals surface area (Å²) in [7, 11) is -1.54. The number of carbonyl (C=O) groups is 1. The van der Waals surface area contributed by atoms with Crippen molar-refractivity contribution >= 4 is 32.6 Å². The Balaban J connectivity index is 1.55. The molecule has 2 aromatic heterocycles. The number of fused-ring (bicyclic) bond motifs is 4. The lowest BCUT2D eigenvalue weighted by atomic mass is 9.89. The van der Waals surface area contributed by atoms with Crippen LogP contribution in [-0.2, 0) is 25.7 Å². The molecule has 2 unspecified atom stereocenters. The molecule has 3 aliphatic rings. The summed E-state index contributed by atoms with van der Waals surface area (Å²) in [4.78, 5) is 28.7. The zero-order valence-corrected chi connectivity index (χ0v) is 19.5. The Hall–Kier alpha value is -2.78. The summed E-state index contributed by atoms with van der Waals surface area (Å²) in [5.41, 5.74) is 1.28. The molecule has 2 atom stereocenters. The van der Waals surface area contributed by atoms with Crippen LogP contribution < -0.4 is 9.64 Å². The van der Waals surface area contributed by atoms with Gasteiger partial charge < -0.3 is 19.4 Å². The van der Waals surface area contributed by atoms with Crippen molar-refractivity contribution in [2.45, 2.75) is 43.4 Å². The fourth-order valence-corrected chi connectivity index (χ4v) is 6.09. The molecule has 1 aromatic carbocycles. The van der Waals surface area contributed by atoms with Gasteiger partial charge in [0.2, 0.25) is 5.12 Å². The molecule has 0 amide bonds. The fourth-order valence-electron chi connectivity index (χ4n) is 4.62. The lowest BCUT2D eigenvalue weighted by Gasteiger charge is -2.41. The number of anilines is 1. The third-order valence-electron chi connectivity index (χ3n) is 6.72. The summed E-state index contributed by atoms with van der Waals surface area (Å²) in [6.07, 6.45) is 3.56. The van der Waals surface area contributed by atoms with Gasteiger partial charge in [-0.2, -0.15) is 0 Å². The van der Waals surface area contributed by atoms with E-state index in [0.29, 0.717) is 49.5 Å². The van der Waals surface area contributed by atoms with Crippen LogP contribution in [0.1, 0.15) is 32.4 Å². The van der Waals surface area contributed by atoms with Crippen LogP contribution in [0, 0.1) is 0 Å². The third-order valence-corrected chi connectivity index (χ3v) is 8.67. The molecule has 0 radical (unpaired) electrons. The lowest BCUT2D eigenvalue weighted by molar-refractivity contribution is -0.115. The molecule has 1 saturated carbocycles. The van der Waals surface area contributed by atoms with E-state index in [1.807, 2.05) is 30.5 Å². The molecule has 6 rings (SSSR count). The maximum atomic E-state index is 13.4. The molecule has 0 bridgehead atoms. The number of H-pyrrole nitrogens is 1. The van der Waals surface area contributed by atoms with Crippen molar-refractivity contribution in [1.82, 2.24) is 15.0 Å². The number of ether oxygens (including phenoxy) is 2. The van der Waals surface area contributed by atoms with Crippen LogP contribution in [0.5, 0.6) is 5.75 Å². The van der Waals surface area contributed by atoms with Gasteiger partial charge >= 0.3 is 0 Å². The van der Waals surface area contributed by atoms with E-state index in [0.717, 1.165) is 29.3 Å². The Morgan fingerprint density at radius 3 is 2.88 bits per heavy atom. The molecule has 2 aliphatic heterocycles. The number of hydrogen-bond donors (Lipinski definition) is 1. The van der Waals surface area contributed by atoms with Crippen molar-refractivity contribution in [3.05, 3.63) is 36.2 Å². The zero-order valence-electron chi connectivity index (χ0n) is 18.7. The molecule has 2 fully saturated rings. The molecule has 8 nitrogen and oxygen atoms in total. The molecule has 172 valence electrons. The molecule has 3 aromatic rings. The van der Waals surface area contributed by atoms with Crippen LogP contribution in [0.4, 0.5) is 5.82 Å². The third kappa shape index (κ3) is 3.36. The number of carbonyl (C=O) groups excluding carboxylic acids is 1. The maximum Gasteiger partial charge on any atom is 0.230 e. The SMILES string of the molecule is CC(C)(C(=O)S(=O)C1CC1)c1nc(-c2cccc3[nH]ccc23)nc2c1OCC1COCCN21. The maximum absolute atomic E-state index is 13.4. The highest BCUT2D eigenvalue weighted by molar-refractivity contribution is 8.01. The second-order valence-corrected chi connectivity index (χ2v) is 11.1. The first-order valence-corrected chi connectivity index (χ1v) is 12.6. The number of rotatable bonds is 4. The number of nitrogens with one attached hydrogen (secondary N) is 1. The van der Waals surface area contributed by atoms with Crippen LogP contribution in [0.15, 0.2) is 30.5 Å². The van der Waals surface area contributed by atoms with Gasteiger partial charge in [0.05, 0.1) is 35.5 Å². The smallest absolute Gasteiger partial charge is 0.230 e. The minimum atomic E-state index is -1.54. The monoisotopic (exact) mass is 466 g/mol. The molecule has 1 aliphatic carbocycles. The second-order valence-electron chi connectivity index (χ2n) is 9.44. The van der Waals surface area contributed by atoms with Crippen molar-refractivity contribution in [3.8, 4) is 17.1 Å². The highest BCUT2D eigenvalue weighted by Gasteiger charge is 2.46. The average molecular weight is 467 g/mol. The van der Waals surface area contributed by atoms with E-state index >= 15 is 0 Å². The van der Waals surface area contributed by atoms with Gasteiger partial charge in [-0.25, -0.2) is 9.97 Å². The lowest BCUT2D eigenvalue weighted by Crippen LogP contribution is -2.52. The predicted molar refractivity (Wildman–Crippen MR) is 126 cm³/mol. The minimum Gasteiger partial charge on any atom is -0.486 e. The predicted octanol–water partition coefficient (Wildman–Crippen LogP) is 2.94. The molecule has 4 heterocycles. The number of aromatic amines is 1. The molecule has 1 saturated heterocycles. The number of aromatic nitrogens is 3. The first-order valence-electron chi connectivity index (χ1n) is 11.4. The molecular weight excluding hydrogens is 440 g/mol. The van der Waals surface area contributed by atoms with Gasteiger partial charge in [0.25, 0.3) is 0 Å². The summed E-state index contributed by atoms with van der Waals surface area (Å²) in [6, 6.07) is 8.01. The first kappa shape index (κ1) is 20.8. The van der Waals surface area contributed by atoms with Gasteiger partial charge in [-0.05, 0) is 38.8 Å². The molecule has 9 heteroatoms. The van der Waals surface area contributed by atoms with Gasteiger partial charge in [-0.3, -0.25) is 9.00 Å². The van der Waals surface area contributed by atoms with Crippen molar-refractivity contribution in [1.29, 1.82) is 0 Å². The number of morpholine rings is 1. The van der Waals surface area contributed by atoms with Gasteiger partial charge in [0, 0.05) is 34.5 Å². The van der Waals surface area contributed by atoms with Gasteiger partial charge in [0.1, 0.15) is 12.3 Å². The van der Waals surface area contributed by atoms with Crippen molar-refractivity contribution in [2.24, 2.45) is 0 Å². The number of benzene rings is 1. The van der Waals surface area contributed by atoms with Crippen molar-refractivity contribution in [3.63, 3.8) is 0 Å². The normalized spacial score (nSPS) is 21.3. The van der Waals surface area contributed by atoms with E-state index in [4.69, 9.17) is 19.4 Å².